The van der Waals surface area contributed by atoms with E-state index in [1.165, 1.54) is 45.1 Å². The van der Waals surface area contributed by atoms with Crippen LogP contribution in [0, 0.1) is 5.92 Å². The van der Waals surface area contributed by atoms with E-state index in [1.54, 1.807) is 0 Å². The van der Waals surface area contributed by atoms with Crippen molar-refractivity contribution >= 4 is 0 Å². The van der Waals surface area contributed by atoms with Crippen LogP contribution in [-0.4, -0.2) is 47.8 Å². The zero-order valence-electron chi connectivity index (χ0n) is 11.6. The van der Waals surface area contributed by atoms with Crippen LogP contribution < -0.4 is 5.32 Å². The number of piperidine rings is 1. The molecule has 0 spiro atoms. The molecule has 0 aromatic heterocycles. The van der Waals surface area contributed by atoms with Gasteiger partial charge in [0, 0.05) is 18.1 Å². The zero-order valence-corrected chi connectivity index (χ0v) is 11.6. The number of aliphatic hydroxyl groups excluding tert-OH is 1. The number of hydrogen-bond acceptors (Lipinski definition) is 3. The van der Waals surface area contributed by atoms with Crippen molar-refractivity contribution in [1.82, 2.24) is 10.2 Å². The molecule has 1 saturated carbocycles. The van der Waals surface area contributed by atoms with E-state index < -0.39 is 0 Å². The van der Waals surface area contributed by atoms with E-state index in [-0.39, 0.29) is 6.10 Å². The summed E-state index contributed by atoms with van der Waals surface area (Å²) in [6.45, 7) is 1.21. The minimum Gasteiger partial charge on any atom is -0.393 e. The number of hydrogen-bond donors (Lipinski definition) is 2. The lowest BCUT2D eigenvalue weighted by Crippen LogP contribution is -2.44. The average molecular weight is 252 g/mol. The highest BCUT2D eigenvalue weighted by Crippen LogP contribution is 2.37. The van der Waals surface area contributed by atoms with Crippen LogP contribution in [0.4, 0.5) is 0 Å². The summed E-state index contributed by atoms with van der Waals surface area (Å²) in [5, 5.41) is 13.3. The van der Waals surface area contributed by atoms with E-state index in [0.29, 0.717) is 6.04 Å². The van der Waals surface area contributed by atoms with Crippen molar-refractivity contribution in [3.63, 3.8) is 0 Å². The fraction of sp³-hybridized carbons (Fsp3) is 1.00. The first-order chi connectivity index (χ1) is 8.72. The third-order valence-corrected chi connectivity index (χ3v) is 5.59. The predicted molar refractivity (Wildman–Crippen MR) is 73.6 cm³/mol. The van der Waals surface area contributed by atoms with Crippen molar-refractivity contribution in [3.8, 4) is 0 Å². The van der Waals surface area contributed by atoms with Crippen LogP contribution in [-0.2, 0) is 0 Å². The molecule has 0 radical (unpaired) electrons. The molecule has 2 unspecified atom stereocenters. The van der Waals surface area contributed by atoms with E-state index in [4.69, 9.17) is 0 Å². The molecule has 2 atom stereocenters. The first kappa shape index (κ1) is 12.9. The molecule has 2 saturated heterocycles. The molecule has 3 aliphatic rings. The highest BCUT2D eigenvalue weighted by Gasteiger charge is 2.38. The fourth-order valence-electron chi connectivity index (χ4n) is 4.30. The van der Waals surface area contributed by atoms with Crippen molar-refractivity contribution in [2.75, 3.05) is 13.6 Å². The maximum atomic E-state index is 9.52. The maximum Gasteiger partial charge on any atom is 0.0541 e. The molecular weight excluding hydrogens is 224 g/mol. The number of nitrogens with one attached hydrogen (secondary N) is 1. The van der Waals surface area contributed by atoms with Crippen LogP contribution in [0.15, 0.2) is 0 Å². The van der Waals surface area contributed by atoms with Gasteiger partial charge in [-0.3, -0.25) is 0 Å². The molecule has 3 nitrogen and oxygen atoms in total. The standard InChI is InChI=1S/C15H28N2O/c1-17-13-4-5-14(17)9-11(8-13)10-16-12-2-6-15(18)7-3-12/h11-16,18H,2-10H2,1H3. The summed E-state index contributed by atoms with van der Waals surface area (Å²) in [7, 11) is 2.31. The lowest BCUT2D eigenvalue weighted by atomic mass is 9.89. The van der Waals surface area contributed by atoms with Gasteiger partial charge < -0.3 is 15.3 Å². The fourth-order valence-corrected chi connectivity index (χ4v) is 4.30. The van der Waals surface area contributed by atoms with Crippen LogP contribution >= 0.6 is 0 Å². The van der Waals surface area contributed by atoms with Gasteiger partial charge in [0.25, 0.3) is 0 Å². The van der Waals surface area contributed by atoms with E-state index in [2.05, 4.69) is 17.3 Å². The van der Waals surface area contributed by atoms with Gasteiger partial charge in [-0.15, -0.1) is 0 Å². The minimum atomic E-state index is -0.0257. The monoisotopic (exact) mass is 252 g/mol. The highest BCUT2D eigenvalue weighted by atomic mass is 16.3. The average Bonchev–Trinajstić information content (AvgIpc) is 2.62. The van der Waals surface area contributed by atoms with E-state index >= 15 is 0 Å². The van der Waals surface area contributed by atoms with Gasteiger partial charge in [0.05, 0.1) is 6.10 Å². The Morgan fingerprint density at radius 3 is 2.22 bits per heavy atom. The van der Waals surface area contributed by atoms with Gasteiger partial charge in [0.1, 0.15) is 0 Å². The Labute approximate surface area is 111 Å². The zero-order chi connectivity index (χ0) is 12.5. The summed E-state index contributed by atoms with van der Waals surface area (Å²) in [6, 6.07) is 2.40. The van der Waals surface area contributed by atoms with Crippen molar-refractivity contribution in [2.24, 2.45) is 5.92 Å². The van der Waals surface area contributed by atoms with Gasteiger partial charge >= 0.3 is 0 Å². The SMILES string of the molecule is CN1C2CCC1CC(CNC1CCC(O)CC1)C2. The summed E-state index contributed by atoms with van der Waals surface area (Å²) in [4.78, 5) is 2.62. The van der Waals surface area contributed by atoms with Crippen molar-refractivity contribution in [2.45, 2.75) is 75.6 Å². The molecule has 1 aliphatic carbocycles. The van der Waals surface area contributed by atoms with Crippen LogP contribution in [0.2, 0.25) is 0 Å². The van der Waals surface area contributed by atoms with E-state index in [9.17, 15) is 5.11 Å². The van der Waals surface area contributed by atoms with Gasteiger partial charge in [0.15, 0.2) is 0 Å². The maximum absolute atomic E-state index is 9.52. The Bertz CT molecular complexity index is 262. The van der Waals surface area contributed by atoms with Crippen LogP contribution in [0.5, 0.6) is 0 Å². The molecule has 0 aromatic carbocycles. The Hall–Kier alpha value is -0.120. The quantitative estimate of drug-likeness (QED) is 0.803. The predicted octanol–water partition coefficient (Wildman–Crippen LogP) is 1.75. The molecule has 3 fully saturated rings. The van der Waals surface area contributed by atoms with Crippen molar-refractivity contribution < 1.29 is 5.11 Å². The summed E-state index contributed by atoms with van der Waals surface area (Å²) in [6.07, 6.45) is 9.95. The topological polar surface area (TPSA) is 35.5 Å². The Morgan fingerprint density at radius 2 is 1.61 bits per heavy atom. The first-order valence-corrected chi connectivity index (χ1v) is 7.85. The Balaban J connectivity index is 1.42. The molecule has 3 rings (SSSR count). The van der Waals surface area contributed by atoms with Crippen LogP contribution in [0.25, 0.3) is 0 Å². The van der Waals surface area contributed by atoms with E-state index in [0.717, 1.165) is 30.8 Å². The molecule has 3 heteroatoms. The third-order valence-electron chi connectivity index (χ3n) is 5.59. The lowest BCUT2D eigenvalue weighted by molar-refractivity contribution is 0.107. The second-order valence-electron chi connectivity index (χ2n) is 6.80. The normalized spacial score (nSPS) is 45.3. The number of rotatable bonds is 3. The van der Waals surface area contributed by atoms with E-state index in [1.807, 2.05) is 0 Å². The molecule has 0 aromatic rings. The second kappa shape index (κ2) is 5.48. The Kier molecular flexibility index (Phi) is 3.92. The highest BCUT2D eigenvalue weighted by molar-refractivity contribution is 4.94. The molecule has 0 amide bonds. The smallest absolute Gasteiger partial charge is 0.0541 e. The summed E-state index contributed by atoms with van der Waals surface area (Å²) < 4.78 is 0. The summed E-state index contributed by atoms with van der Waals surface area (Å²) in [5.74, 6) is 0.894. The van der Waals surface area contributed by atoms with Crippen molar-refractivity contribution in [1.29, 1.82) is 0 Å². The number of fused-ring (bicyclic) bond motifs is 2. The third kappa shape index (κ3) is 2.73. The second-order valence-corrected chi connectivity index (χ2v) is 6.80. The summed E-state index contributed by atoms with van der Waals surface area (Å²) >= 11 is 0. The molecule has 2 heterocycles. The molecule has 2 bridgehead atoms. The van der Waals surface area contributed by atoms with Gasteiger partial charge in [-0.25, -0.2) is 0 Å². The molecule has 18 heavy (non-hydrogen) atoms. The van der Waals surface area contributed by atoms with Crippen LogP contribution in [0.3, 0.4) is 0 Å². The van der Waals surface area contributed by atoms with Crippen molar-refractivity contribution in [3.05, 3.63) is 0 Å². The van der Waals surface area contributed by atoms with Crippen LogP contribution in [0.1, 0.15) is 51.4 Å². The lowest BCUT2D eigenvalue weighted by Gasteiger charge is -2.37. The molecule has 2 aliphatic heterocycles. The first-order valence-electron chi connectivity index (χ1n) is 7.85. The molecule has 2 N–H and O–H groups in total. The number of aliphatic hydroxyl groups is 1. The largest absolute Gasteiger partial charge is 0.393 e. The van der Waals surface area contributed by atoms with Gasteiger partial charge in [0.2, 0.25) is 0 Å². The van der Waals surface area contributed by atoms with Gasteiger partial charge in [-0.05, 0) is 70.9 Å². The molecule has 104 valence electrons. The molecular formula is C15H28N2O. The number of nitrogens with zero attached hydrogens (tertiary/aromatic N) is 1. The summed E-state index contributed by atoms with van der Waals surface area (Å²) in [5.41, 5.74) is 0. The van der Waals surface area contributed by atoms with Gasteiger partial charge in [-0.2, -0.15) is 0 Å². The Morgan fingerprint density at radius 1 is 1.00 bits per heavy atom. The van der Waals surface area contributed by atoms with Gasteiger partial charge in [-0.1, -0.05) is 0 Å². The minimum absolute atomic E-state index is 0.0257.